The minimum atomic E-state index is -0.893. The van der Waals surface area contributed by atoms with E-state index in [1.165, 1.54) is 24.7 Å². The normalized spacial score (nSPS) is 24.2. The average molecular weight is 515 g/mol. The molecule has 0 aromatic heterocycles. The van der Waals surface area contributed by atoms with Gasteiger partial charge in [0.05, 0.1) is 12.5 Å². The first kappa shape index (κ1) is 26.2. The maximum atomic E-state index is 14.4. The Kier molecular flexibility index (Phi) is 7.68. The van der Waals surface area contributed by atoms with Crippen LogP contribution in [0.5, 0.6) is 0 Å². The molecule has 1 aliphatic carbocycles. The van der Waals surface area contributed by atoms with Crippen LogP contribution in [0.4, 0.5) is 15.8 Å². The number of piperidine rings is 1. The van der Waals surface area contributed by atoms with Gasteiger partial charge in [-0.05, 0) is 69.5 Å². The number of esters is 1. The van der Waals surface area contributed by atoms with E-state index in [0.29, 0.717) is 11.6 Å². The summed E-state index contributed by atoms with van der Waals surface area (Å²) in [6, 6.07) is 14.4. The number of benzene rings is 2. The molecule has 6 nitrogen and oxygen atoms in total. The fraction of sp³-hybridized carbons (Fsp3) is 0.516. The van der Waals surface area contributed by atoms with Gasteiger partial charge in [0.15, 0.2) is 5.69 Å². The summed E-state index contributed by atoms with van der Waals surface area (Å²) in [4.78, 5) is 24.5. The fourth-order valence-corrected chi connectivity index (χ4v) is 7.07. The lowest BCUT2D eigenvalue weighted by molar-refractivity contribution is -0.149. The highest BCUT2D eigenvalue weighted by Crippen LogP contribution is 2.52. The van der Waals surface area contributed by atoms with E-state index in [-0.39, 0.29) is 29.7 Å². The monoisotopic (exact) mass is 514 g/mol. The van der Waals surface area contributed by atoms with Crippen LogP contribution in [0, 0.1) is 36.7 Å². The summed E-state index contributed by atoms with van der Waals surface area (Å²) < 4.78 is 20.1. The van der Waals surface area contributed by atoms with Gasteiger partial charge >= 0.3 is 5.97 Å². The molecule has 198 valence electrons. The molecule has 2 aliphatic heterocycles. The largest absolute Gasteiger partial charge is 0.462 e. The third-order valence-corrected chi connectivity index (χ3v) is 8.83. The zero-order valence-corrected chi connectivity index (χ0v) is 22.0. The Morgan fingerprint density at radius 2 is 1.82 bits per heavy atom. The van der Waals surface area contributed by atoms with Gasteiger partial charge < -0.3 is 19.4 Å². The van der Waals surface area contributed by atoms with Gasteiger partial charge in [-0.3, -0.25) is 4.79 Å². The molecule has 0 bridgehead atoms. The smallest absolute Gasteiger partial charge is 0.302 e. The molecule has 2 aromatic rings. The first-order chi connectivity index (χ1) is 18.4. The van der Waals surface area contributed by atoms with E-state index < -0.39 is 5.54 Å². The standard InChI is InChI=1S/C31H35FN4O2/c1-22(37)38-30-9-5-8-29(30)31(34-3,25-6-4-7-26(32)18-25)24-14-16-35(17-15-24)19-23-20-36(21-23)28-12-10-27(33-2)11-13-28/h4,6-7,10-13,18,23-24,29-30H,5,8-9,14-17,19-21H2,1H3/t29-,30-,31?/m1/s1. The van der Waals surface area contributed by atoms with Crippen LogP contribution in [-0.2, 0) is 15.1 Å². The molecule has 0 N–H and O–H groups in total. The van der Waals surface area contributed by atoms with Crippen LogP contribution in [0.25, 0.3) is 9.69 Å². The molecule has 3 atom stereocenters. The number of halogens is 1. The predicted molar refractivity (Wildman–Crippen MR) is 145 cm³/mol. The minimum absolute atomic E-state index is 0.0815. The quantitative estimate of drug-likeness (QED) is 0.332. The Morgan fingerprint density at radius 1 is 1.08 bits per heavy atom. The third kappa shape index (κ3) is 5.13. The average Bonchev–Trinajstić information content (AvgIpc) is 3.35. The van der Waals surface area contributed by atoms with E-state index in [9.17, 15) is 9.18 Å². The maximum Gasteiger partial charge on any atom is 0.302 e. The zero-order valence-electron chi connectivity index (χ0n) is 22.0. The van der Waals surface area contributed by atoms with Gasteiger partial charge in [0.1, 0.15) is 11.9 Å². The number of nitrogens with zero attached hydrogens (tertiary/aromatic N) is 4. The summed E-state index contributed by atoms with van der Waals surface area (Å²) in [6.07, 6.45) is 3.92. The number of anilines is 1. The predicted octanol–water partition coefficient (Wildman–Crippen LogP) is 6.07. The summed E-state index contributed by atoms with van der Waals surface area (Å²) >= 11 is 0. The van der Waals surface area contributed by atoms with E-state index >= 15 is 0 Å². The molecule has 3 fully saturated rings. The molecular formula is C31H35FN4O2. The Balaban J connectivity index is 1.26. The van der Waals surface area contributed by atoms with Gasteiger partial charge in [-0.25, -0.2) is 15.8 Å². The number of likely N-dealkylation sites (tertiary alicyclic amines) is 1. The highest BCUT2D eigenvalue weighted by atomic mass is 19.1. The van der Waals surface area contributed by atoms with E-state index in [1.54, 1.807) is 6.07 Å². The Morgan fingerprint density at radius 3 is 2.45 bits per heavy atom. The second kappa shape index (κ2) is 11.1. The summed E-state index contributed by atoms with van der Waals surface area (Å²) in [5.41, 5.74) is 1.67. The van der Waals surface area contributed by atoms with Crippen molar-refractivity contribution in [1.82, 2.24) is 4.90 Å². The van der Waals surface area contributed by atoms with Crippen LogP contribution in [0.15, 0.2) is 48.5 Å². The molecule has 2 aromatic carbocycles. The van der Waals surface area contributed by atoms with Gasteiger partial charge in [0, 0.05) is 49.6 Å². The van der Waals surface area contributed by atoms with Crippen LogP contribution in [0.2, 0.25) is 0 Å². The number of carbonyl (C=O) groups is 1. The molecule has 7 heteroatoms. The number of hydrogen-bond donors (Lipinski definition) is 0. The lowest BCUT2D eigenvalue weighted by Crippen LogP contribution is -2.54. The van der Waals surface area contributed by atoms with Crippen molar-refractivity contribution in [2.75, 3.05) is 37.6 Å². The fourth-order valence-electron chi connectivity index (χ4n) is 7.07. The molecule has 0 amide bonds. The van der Waals surface area contributed by atoms with Crippen molar-refractivity contribution in [2.24, 2.45) is 17.8 Å². The molecule has 1 unspecified atom stereocenters. The summed E-state index contributed by atoms with van der Waals surface area (Å²) in [7, 11) is 0. The first-order valence-corrected chi connectivity index (χ1v) is 13.7. The third-order valence-electron chi connectivity index (χ3n) is 8.83. The van der Waals surface area contributed by atoms with Crippen molar-refractivity contribution >= 4 is 17.3 Å². The Bertz CT molecular complexity index is 1220. The van der Waals surface area contributed by atoms with Gasteiger partial charge in [0.2, 0.25) is 0 Å². The molecule has 38 heavy (non-hydrogen) atoms. The van der Waals surface area contributed by atoms with Crippen LogP contribution >= 0.6 is 0 Å². The van der Waals surface area contributed by atoms with Gasteiger partial charge in [-0.1, -0.05) is 24.3 Å². The number of ether oxygens (including phenoxy) is 1. The molecule has 0 radical (unpaired) electrons. The molecule has 5 rings (SSSR count). The second-order valence-corrected chi connectivity index (χ2v) is 11.1. The van der Waals surface area contributed by atoms with E-state index in [2.05, 4.69) is 19.5 Å². The highest BCUT2D eigenvalue weighted by molar-refractivity contribution is 5.66. The SMILES string of the molecule is [C-]#[N+]c1ccc(N2CC(CN3CCC(C([N+]#[C-])(c4cccc(F)c4)[C@@H]4CCC[C@H]4OC(C)=O)CC3)C2)cc1. The lowest BCUT2D eigenvalue weighted by Gasteiger charge is -2.46. The highest BCUT2D eigenvalue weighted by Gasteiger charge is 2.58. The van der Waals surface area contributed by atoms with E-state index in [0.717, 1.165) is 70.4 Å². The molecule has 0 spiro atoms. The Hall–Kier alpha value is -3.42. The van der Waals surface area contributed by atoms with Crippen molar-refractivity contribution in [3.05, 3.63) is 82.7 Å². The first-order valence-electron chi connectivity index (χ1n) is 13.7. The second-order valence-electron chi connectivity index (χ2n) is 11.1. The van der Waals surface area contributed by atoms with Crippen molar-refractivity contribution in [3.63, 3.8) is 0 Å². The van der Waals surface area contributed by atoms with Crippen molar-refractivity contribution in [2.45, 2.75) is 50.7 Å². The van der Waals surface area contributed by atoms with E-state index in [4.69, 9.17) is 17.9 Å². The number of hydrogen-bond acceptors (Lipinski definition) is 4. The van der Waals surface area contributed by atoms with Gasteiger partial charge in [0.25, 0.3) is 5.54 Å². The van der Waals surface area contributed by atoms with Crippen LogP contribution in [-0.4, -0.2) is 49.7 Å². The molecule has 1 saturated carbocycles. The van der Waals surface area contributed by atoms with Gasteiger partial charge in [-0.2, -0.15) is 0 Å². The maximum absolute atomic E-state index is 14.4. The van der Waals surface area contributed by atoms with Crippen molar-refractivity contribution in [1.29, 1.82) is 0 Å². The van der Waals surface area contributed by atoms with Crippen molar-refractivity contribution in [3.8, 4) is 0 Å². The lowest BCUT2D eigenvalue weighted by atomic mass is 9.65. The number of rotatable bonds is 7. The molecule has 2 heterocycles. The van der Waals surface area contributed by atoms with Crippen LogP contribution in [0.3, 0.4) is 0 Å². The molecular weight excluding hydrogens is 479 g/mol. The topological polar surface area (TPSA) is 41.5 Å². The summed E-state index contributed by atoms with van der Waals surface area (Å²) in [5, 5.41) is 0. The van der Waals surface area contributed by atoms with Crippen molar-refractivity contribution < 1.29 is 13.9 Å². The van der Waals surface area contributed by atoms with Gasteiger partial charge in [-0.15, -0.1) is 0 Å². The van der Waals surface area contributed by atoms with Crippen LogP contribution in [0.1, 0.15) is 44.6 Å². The van der Waals surface area contributed by atoms with E-state index in [1.807, 2.05) is 30.3 Å². The minimum Gasteiger partial charge on any atom is -0.462 e. The summed E-state index contributed by atoms with van der Waals surface area (Å²) in [5.74, 6) is -0.0844. The summed E-state index contributed by atoms with van der Waals surface area (Å²) in [6.45, 7) is 21.9. The molecule has 3 aliphatic rings. The van der Waals surface area contributed by atoms with Crippen LogP contribution < -0.4 is 4.90 Å². The number of carbonyl (C=O) groups excluding carboxylic acids is 1. The Labute approximate surface area is 225 Å². The molecule has 2 saturated heterocycles. The zero-order chi connectivity index (χ0) is 26.7.